The Morgan fingerprint density at radius 3 is 2.27 bits per heavy atom. The van der Waals surface area contributed by atoms with Gasteiger partial charge in [0.25, 0.3) is 0 Å². The molecule has 0 spiro atoms. The first kappa shape index (κ1) is 10.1. The minimum absolute atomic E-state index is 0.0928. The fourth-order valence-corrected chi connectivity index (χ4v) is 0.751. The van der Waals surface area contributed by atoms with Crippen molar-refractivity contribution in [3.05, 3.63) is 0 Å². The third-order valence-corrected chi connectivity index (χ3v) is 1.17. The highest BCUT2D eigenvalue weighted by Crippen LogP contribution is 1.98. The number of carbonyl (C=O) groups excluding carboxylic acids is 2. The van der Waals surface area contributed by atoms with E-state index >= 15 is 0 Å². The summed E-state index contributed by atoms with van der Waals surface area (Å²) in [7, 11) is 0. The smallest absolute Gasteiger partial charge is 0.217 e. The van der Waals surface area contributed by atoms with Gasteiger partial charge in [0.15, 0.2) is 5.78 Å². The third-order valence-electron chi connectivity index (χ3n) is 1.17. The lowest BCUT2D eigenvalue weighted by atomic mass is 10.1. The van der Waals surface area contributed by atoms with E-state index in [1.54, 1.807) is 0 Å². The molecule has 1 N–H and O–H groups in total. The SMILES string of the molecule is CC(=O)NCC(=O)CC(C)C. The molecule has 11 heavy (non-hydrogen) atoms. The summed E-state index contributed by atoms with van der Waals surface area (Å²) in [5.74, 6) is 0.313. The molecule has 0 unspecified atom stereocenters. The van der Waals surface area contributed by atoms with Crippen LogP contribution in [0.15, 0.2) is 0 Å². The summed E-state index contributed by atoms with van der Waals surface area (Å²) in [5, 5.41) is 2.46. The van der Waals surface area contributed by atoms with Gasteiger partial charge in [-0.3, -0.25) is 9.59 Å². The number of rotatable bonds is 4. The molecule has 0 heterocycles. The molecule has 64 valence electrons. The Kier molecular flexibility index (Phi) is 4.50. The minimum Gasteiger partial charge on any atom is -0.349 e. The number of nitrogens with one attached hydrogen (secondary N) is 1. The molecule has 0 rings (SSSR count). The molecule has 0 fully saturated rings. The van der Waals surface area contributed by atoms with Crippen molar-refractivity contribution >= 4 is 11.7 Å². The Balaban J connectivity index is 3.45. The van der Waals surface area contributed by atoms with Crippen molar-refractivity contribution in [1.29, 1.82) is 0 Å². The van der Waals surface area contributed by atoms with E-state index in [1.807, 2.05) is 13.8 Å². The largest absolute Gasteiger partial charge is 0.349 e. The van der Waals surface area contributed by atoms with Crippen molar-refractivity contribution in [1.82, 2.24) is 5.32 Å². The number of amides is 1. The predicted molar refractivity (Wildman–Crippen MR) is 43.1 cm³/mol. The van der Waals surface area contributed by atoms with Gasteiger partial charge in [-0.2, -0.15) is 0 Å². The summed E-state index contributed by atoms with van der Waals surface area (Å²) in [6.07, 6.45) is 0.542. The van der Waals surface area contributed by atoms with Crippen LogP contribution in [0.25, 0.3) is 0 Å². The van der Waals surface area contributed by atoms with Gasteiger partial charge < -0.3 is 5.32 Å². The van der Waals surface area contributed by atoms with Crippen LogP contribution in [0.3, 0.4) is 0 Å². The maximum Gasteiger partial charge on any atom is 0.217 e. The molecule has 3 nitrogen and oxygen atoms in total. The van der Waals surface area contributed by atoms with E-state index < -0.39 is 0 Å². The van der Waals surface area contributed by atoms with Crippen molar-refractivity contribution < 1.29 is 9.59 Å². The molecule has 0 aromatic rings. The summed E-state index contributed by atoms with van der Waals surface area (Å²) >= 11 is 0. The van der Waals surface area contributed by atoms with E-state index in [2.05, 4.69) is 5.32 Å². The molecule has 0 aliphatic rings. The van der Waals surface area contributed by atoms with Gasteiger partial charge in [0.05, 0.1) is 6.54 Å². The van der Waals surface area contributed by atoms with Gasteiger partial charge in [0, 0.05) is 13.3 Å². The van der Waals surface area contributed by atoms with E-state index in [9.17, 15) is 9.59 Å². The third kappa shape index (κ3) is 7.03. The Morgan fingerprint density at radius 1 is 1.36 bits per heavy atom. The standard InChI is InChI=1S/C8H15NO2/c1-6(2)4-8(11)5-9-7(3)10/h6H,4-5H2,1-3H3,(H,9,10). The summed E-state index contributed by atoms with van der Waals surface area (Å²) in [6.45, 7) is 5.54. The Hall–Kier alpha value is -0.860. The summed E-state index contributed by atoms with van der Waals surface area (Å²) in [4.78, 5) is 21.3. The number of carbonyl (C=O) groups is 2. The zero-order valence-corrected chi connectivity index (χ0v) is 7.31. The van der Waals surface area contributed by atoms with Crippen LogP contribution in [0.1, 0.15) is 27.2 Å². The number of ketones is 1. The maximum atomic E-state index is 10.9. The first-order chi connectivity index (χ1) is 5.02. The van der Waals surface area contributed by atoms with Crippen LogP contribution in [0.5, 0.6) is 0 Å². The van der Waals surface area contributed by atoms with Crippen LogP contribution in [-0.2, 0) is 9.59 Å². The van der Waals surface area contributed by atoms with E-state index in [1.165, 1.54) is 6.92 Å². The van der Waals surface area contributed by atoms with E-state index in [-0.39, 0.29) is 18.2 Å². The lowest BCUT2D eigenvalue weighted by molar-refractivity contribution is -0.124. The molecular weight excluding hydrogens is 142 g/mol. The molecule has 0 radical (unpaired) electrons. The van der Waals surface area contributed by atoms with Crippen LogP contribution in [0, 0.1) is 5.92 Å². The van der Waals surface area contributed by atoms with Gasteiger partial charge in [-0.1, -0.05) is 13.8 Å². The molecule has 3 heteroatoms. The average Bonchev–Trinajstić information content (AvgIpc) is 1.82. The Labute approximate surface area is 67.2 Å². The van der Waals surface area contributed by atoms with Crippen molar-refractivity contribution in [3.8, 4) is 0 Å². The van der Waals surface area contributed by atoms with Gasteiger partial charge >= 0.3 is 0 Å². The first-order valence-electron chi connectivity index (χ1n) is 3.78. The van der Waals surface area contributed by atoms with Crippen LogP contribution in [0.2, 0.25) is 0 Å². The van der Waals surface area contributed by atoms with E-state index in [4.69, 9.17) is 0 Å². The molecule has 0 bridgehead atoms. The highest BCUT2D eigenvalue weighted by atomic mass is 16.2. The molecule has 0 aliphatic carbocycles. The number of hydrogen-bond donors (Lipinski definition) is 1. The van der Waals surface area contributed by atoms with Crippen molar-refractivity contribution in [2.75, 3.05) is 6.54 Å². The molecule has 1 amide bonds. The molecule has 0 aliphatic heterocycles. The topological polar surface area (TPSA) is 46.2 Å². The van der Waals surface area contributed by atoms with E-state index in [0.717, 1.165) is 0 Å². The minimum atomic E-state index is -0.151. The Morgan fingerprint density at radius 2 is 1.91 bits per heavy atom. The number of hydrogen-bond acceptors (Lipinski definition) is 2. The second kappa shape index (κ2) is 4.88. The lowest BCUT2D eigenvalue weighted by Crippen LogP contribution is -2.27. The lowest BCUT2D eigenvalue weighted by Gasteiger charge is -2.03. The van der Waals surface area contributed by atoms with Gasteiger partial charge in [-0.25, -0.2) is 0 Å². The van der Waals surface area contributed by atoms with E-state index in [0.29, 0.717) is 12.3 Å². The highest BCUT2D eigenvalue weighted by molar-refractivity contribution is 5.85. The monoisotopic (exact) mass is 157 g/mol. The van der Waals surface area contributed by atoms with Crippen LogP contribution in [0.4, 0.5) is 0 Å². The van der Waals surface area contributed by atoms with Crippen molar-refractivity contribution in [2.45, 2.75) is 27.2 Å². The zero-order valence-electron chi connectivity index (χ0n) is 7.31. The highest BCUT2D eigenvalue weighted by Gasteiger charge is 2.04. The maximum absolute atomic E-state index is 10.9. The zero-order chi connectivity index (χ0) is 8.85. The van der Waals surface area contributed by atoms with Crippen LogP contribution < -0.4 is 5.32 Å². The second-order valence-electron chi connectivity index (χ2n) is 3.05. The quantitative estimate of drug-likeness (QED) is 0.654. The first-order valence-corrected chi connectivity index (χ1v) is 3.78. The fourth-order valence-electron chi connectivity index (χ4n) is 0.751. The molecule has 0 aromatic heterocycles. The molecule has 0 atom stereocenters. The predicted octanol–water partition coefficient (Wildman–Crippen LogP) is 0.738. The average molecular weight is 157 g/mol. The van der Waals surface area contributed by atoms with Gasteiger partial charge in [-0.15, -0.1) is 0 Å². The van der Waals surface area contributed by atoms with Gasteiger partial charge in [0.2, 0.25) is 5.91 Å². The van der Waals surface area contributed by atoms with Crippen LogP contribution in [-0.4, -0.2) is 18.2 Å². The second-order valence-corrected chi connectivity index (χ2v) is 3.05. The van der Waals surface area contributed by atoms with Crippen molar-refractivity contribution in [3.63, 3.8) is 0 Å². The molecule has 0 aromatic carbocycles. The van der Waals surface area contributed by atoms with Gasteiger partial charge in [-0.05, 0) is 5.92 Å². The van der Waals surface area contributed by atoms with Gasteiger partial charge in [0.1, 0.15) is 0 Å². The Bertz CT molecular complexity index is 152. The molecular formula is C8H15NO2. The molecule has 0 saturated heterocycles. The van der Waals surface area contributed by atoms with Crippen molar-refractivity contribution in [2.24, 2.45) is 5.92 Å². The summed E-state index contributed by atoms with van der Waals surface area (Å²) in [6, 6.07) is 0. The normalized spacial score (nSPS) is 9.82. The fraction of sp³-hybridized carbons (Fsp3) is 0.750. The summed E-state index contributed by atoms with van der Waals surface area (Å²) < 4.78 is 0. The van der Waals surface area contributed by atoms with Crippen LogP contribution >= 0.6 is 0 Å². The molecule has 0 saturated carbocycles. The number of Topliss-reactive ketones (excluding diaryl/α,β-unsaturated/α-hetero) is 1. The summed E-state index contributed by atoms with van der Waals surface area (Å²) in [5.41, 5.74) is 0.